The number of fused-ring (bicyclic) bond motifs is 2. The van der Waals surface area contributed by atoms with Crippen LogP contribution in [0.1, 0.15) is 49.8 Å². The van der Waals surface area contributed by atoms with Crippen LogP contribution in [0.4, 0.5) is 0 Å². The van der Waals surface area contributed by atoms with E-state index in [0.717, 1.165) is 47.5 Å². The minimum atomic E-state index is -0.757. The summed E-state index contributed by atoms with van der Waals surface area (Å²) in [4.78, 5) is 12.0. The molecule has 112 valence electrons. The molecule has 21 heavy (non-hydrogen) atoms. The van der Waals surface area contributed by atoms with Gasteiger partial charge in [0.15, 0.2) is 0 Å². The summed E-state index contributed by atoms with van der Waals surface area (Å²) in [6.45, 7) is 4.07. The van der Waals surface area contributed by atoms with Crippen LogP contribution in [0.5, 0.6) is 11.5 Å². The third-order valence-corrected chi connectivity index (χ3v) is 5.16. The summed E-state index contributed by atoms with van der Waals surface area (Å²) < 4.78 is 11.9. The van der Waals surface area contributed by atoms with Crippen LogP contribution in [0.2, 0.25) is 0 Å². The molecule has 0 bridgehead atoms. The lowest BCUT2D eigenvalue weighted by Gasteiger charge is -2.40. The number of carbonyl (C=O) groups is 1. The van der Waals surface area contributed by atoms with E-state index in [1.807, 2.05) is 13.8 Å². The van der Waals surface area contributed by atoms with Gasteiger partial charge in [-0.1, -0.05) is 6.42 Å². The van der Waals surface area contributed by atoms with E-state index in [-0.39, 0.29) is 12.2 Å². The predicted molar refractivity (Wildman–Crippen MR) is 77.2 cm³/mol. The van der Waals surface area contributed by atoms with Crippen LogP contribution in [0.25, 0.3) is 0 Å². The maximum Gasteiger partial charge on any atom is 0.314 e. The lowest BCUT2D eigenvalue weighted by Crippen LogP contribution is -2.43. The minimum absolute atomic E-state index is 0.115. The average molecular weight is 288 g/mol. The summed E-state index contributed by atoms with van der Waals surface area (Å²) >= 11 is 0. The molecule has 0 amide bonds. The van der Waals surface area contributed by atoms with Crippen molar-refractivity contribution in [3.8, 4) is 11.5 Å². The highest BCUT2D eigenvalue weighted by atomic mass is 16.5. The van der Waals surface area contributed by atoms with E-state index in [4.69, 9.17) is 9.47 Å². The number of aliphatic carboxylic acids is 1. The fourth-order valence-electron chi connectivity index (χ4n) is 4.03. The zero-order valence-corrected chi connectivity index (χ0v) is 12.4. The van der Waals surface area contributed by atoms with Crippen molar-refractivity contribution >= 4 is 5.97 Å². The van der Waals surface area contributed by atoms with Crippen LogP contribution >= 0.6 is 0 Å². The molecule has 1 fully saturated rings. The lowest BCUT2D eigenvalue weighted by atomic mass is 9.62. The van der Waals surface area contributed by atoms with E-state index < -0.39 is 11.4 Å². The molecule has 1 aromatic rings. The first kappa shape index (κ1) is 13.0. The van der Waals surface area contributed by atoms with E-state index in [1.165, 1.54) is 0 Å². The normalized spacial score (nSPS) is 28.1. The van der Waals surface area contributed by atoms with Crippen molar-refractivity contribution < 1.29 is 19.4 Å². The van der Waals surface area contributed by atoms with Crippen molar-refractivity contribution in [2.24, 2.45) is 0 Å². The third kappa shape index (κ3) is 1.65. The van der Waals surface area contributed by atoms with E-state index in [0.29, 0.717) is 12.8 Å². The summed E-state index contributed by atoms with van der Waals surface area (Å²) in [5.41, 5.74) is 2.34. The lowest BCUT2D eigenvalue weighted by molar-refractivity contribution is -0.147. The van der Waals surface area contributed by atoms with Crippen LogP contribution in [0, 0.1) is 0 Å². The molecule has 2 atom stereocenters. The molecule has 4 rings (SSSR count). The molecule has 2 aliphatic heterocycles. The second-order valence-electron chi connectivity index (χ2n) is 6.72. The molecular formula is C17H20O4. The Morgan fingerprint density at radius 2 is 1.95 bits per heavy atom. The molecule has 0 aromatic heterocycles. The van der Waals surface area contributed by atoms with Gasteiger partial charge in [0.2, 0.25) is 0 Å². The summed E-state index contributed by atoms with van der Waals surface area (Å²) in [6.07, 6.45) is 4.23. The molecule has 1 saturated carbocycles. The van der Waals surface area contributed by atoms with Crippen LogP contribution in [0.15, 0.2) is 6.07 Å². The Morgan fingerprint density at radius 1 is 1.24 bits per heavy atom. The Bertz CT molecular complexity index is 594. The number of hydrogen-bond acceptors (Lipinski definition) is 3. The molecule has 0 saturated heterocycles. The van der Waals surface area contributed by atoms with Crippen molar-refractivity contribution in [2.75, 3.05) is 0 Å². The number of carboxylic acid groups (broad SMARTS) is 1. The Balaban J connectivity index is 1.96. The van der Waals surface area contributed by atoms with Gasteiger partial charge in [-0.25, -0.2) is 0 Å². The first-order valence-electron chi connectivity index (χ1n) is 7.77. The number of rotatable bonds is 2. The highest BCUT2D eigenvalue weighted by Gasteiger charge is 2.51. The topological polar surface area (TPSA) is 55.8 Å². The molecule has 4 heteroatoms. The van der Waals surface area contributed by atoms with Gasteiger partial charge in [0.1, 0.15) is 23.7 Å². The summed E-state index contributed by atoms with van der Waals surface area (Å²) in [6, 6.07) is 2.06. The van der Waals surface area contributed by atoms with Gasteiger partial charge in [0.25, 0.3) is 0 Å². The Labute approximate surface area is 124 Å². The third-order valence-electron chi connectivity index (χ3n) is 5.16. The van der Waals surface area contributed by atoms with Crippen LogP contribution in [0.3, 0.4) is 0 Å². The highest BCUT2D eigenvalue weighted by Crippen LogP contribution is 2.54. The minimum Gasteiger partial charge on any atom is -0.490 e. The maximum atomic E-state index is 12.0. The Hall–Kier alpha value is -1.71. The fraction of sp³-hybridized carbons (Fsp3) is 0.588. The Kier molecular flexibility index (Phi) is 2.57. The van der Waals surface area contributed by atoms with Gasteiger partial charge in [0, 0.05) is 29.5 Å². The molecule has 2 unspecified atom stereocenters. The van der Waals surface area contributed by atoms with Gasteiger partial charge < -0.3 is 14.6 Å². The van der Waals surface area contributed by atoms with Crippen LogP contribution in [-0.4, -0.2) is 23.3 Å². The molecule has 1 N–H and O–H groups in total. The summed E-state index contributed by atoms with van der Waals surface area (Å²) in [7, 11) is 0. The molecule has 4 nitrogen and oxygen atoms in total. The van der Waals surface area contributed by atoms with Gasteiger partial charge in [-0.05, 0) is 32.8 Å². The second kappa shape index (κ2) is 4.15. The molecule has 1 aliphatic carbocycles. The number of hydrogen-bond donors (Lipinski definition) is 1. The van der Waals surface area contributed by atoms with E-state index >= 15 is 0 Å². The van der Waals surface area contributed by atoms with Gasteiger partial charge in [-0.15, -0.1) is 0 Å². The van der Waals surface area contributed by atoms with Crippen molar-refractivity contribution in [3.05, 3.63) is 22.8 Å². The van der Waals surface area contributed by atoms with E-state index in [9.17, 15) is 9.90 Å². The summed E-state index contributed by atoms with van der Waals surface area (Å²) in [5, 5.41) is 9.84. The number of benzene rings is 1. The Morgan fingerprint density at radius 3 is 2.57 bits per heavy atom. The zero-order chi connectivity index (χ0) is 14.8. The van der Waals surface area contributed by atoms with Crippen molar-refractivity contribution in [1.29, 1.82) is 0 Å². The van der Waals surface area contributed by atoms with Gasteiger partial charge in [-0.3, -0.25) is 4.79 Å². The molecular weight excluding hydrogens is 268 g/mol. The molecule has 2 heterocycles. The largest absolute Gasteiger partial charge is 0.490 e. The first-order chi connectivity index (χ1) is 10.0. The predicted octanol–water partition coefficient (Wildman–Crippen LogP) is 2.84. The summed E-state index contributed by atoms with van der Waals surface area (Å²) in [5.74, 6) is 0.995. The SMILES string of the molecule is CC1Cc2c(cc3c(c2C2(C(=O)O)CCC2)OC(C)C3)O1. The smallest absolute Gasteiger partial charge is 0.314 e. The van der Waals surface area contributed by atoms with E-state index in [1.54, 1.807) is 0 Å². The number of ether oxygens (including phenoxy) is 2. The van der Waals surface area contributed by atoms with Gasteiger partial charge in [-0.2, -0.15) is 0 Å². The fourth-order valence-corrected chi connectivity index (χ4v) is 4.03. The zero-order valence-electron chi connectivity index (χ0n) is 12.4. The monoisotopic (exact) mass is 288 g/mol. The first-order valence-corrected chi connectivity index (χ1v) is 7.77. The van der Waals surface area contributed by atoms with Crippen molar-refractivity contribution in [3.63, 3.8) is 0 Å². The van der Waals surface area contributed by atoms with Gasteiger partial charge in [0.05, 0.1) is 5.41 Å². The van der Waals surface area contributed by atoms with E-state index in [2.05, 4.69) is 6.07 Å². The molecule has 1 aromatic carbocycles. The van der Waals surface area contributed by atoms with Crippen molar-refractivity contribution in [1.82, 2.24) is 0 Å². The molecule has 3 aliphatic rings. The van der Waals surface area contributed by atoms with Gasteiger partial charge >= 0.3 is 5.97 Å². The maximum absolute atomic E-state index is 12.0. The second-order valence-corrected chi connectivity index (χ2v) is 6.72. The molecule has 0 spiro atoms. The highest BCUT2D eigenvalue weighted by molar-refractivity contribution is 5.85. The quantitative estimate of drug-likeness (QED) is 0.909. The van der Waals surface area contributed by atoms with Crippen molar-refractivity contribution in [2.45, 2.75) is 63.6 Å². The van der Waals surface area contributed by atoms with Crippen LogP contribution in [-0.2, 0) is 23.1 Å². The average Bonchev–Trinajstić information content (AvgIpc) is 2.87. The molecule has 0 radical (unpaired) electrons. The van der Waals surface area contributed by atoms with Crippen LogP contribution < -0.4 is 9.47 Å². The number of carboxylic acids is 1. The standard InChI is InChI=1S/C17H20O4/c1-9-6-11-8-13-12(7-10(2)20-13)14(15(11)21-9)17(16(18)19)4-3-5-17/h8-10H,3-7H2,1-2H3,(H,18,19).